The first-order valence-electron chi connectivity index (χ1n) is 4.76. The van der Waals surface area contributed by atoms with Gasteiger partial charge in [-0.3, -0.25) is 9.59 Å². The molecule has 0 bridgehead atoms. The molecule has 1 aliphatic rings. The number of halogens is 3. The molecular formula is C9H12F3NO3. The van der Waals surface area contributed by atoms with Crippen LogP contribution < -0.4 is 0 Å². The van der Waals surface area contributed by atoms with Crippen molar-refractivity contribution in [1.82, 2.24) is 4.90 Å². The number of likely N-dealkylation sites (tertiary alicyclic amines) is 1. The zero-order chi connectivity index (χ0) is 12.6. The Morgan fingerprint density at radius 3 is 2.00 bits per heavy atom. The molecule has 0 aromatic carbocycles. The summed E-state index contributed by atoms with van der Waals surface area (Å²) < 4.78 is 36.2. The number of alkyl halides is 3. The largest absolute Gasteiger partial charge is 0.471 e. The summed E-state index contributed by atoms with van der Waals surface area (Å²) in [7, 11) is 0. The Kier molecular flexibility index (Phi) is 3.27. The first-order chi connectivity index (χ1) is 7.17. The standard InChI is InChI=1S/C9H12F3NO3/c1-6(14)8(16)2-4-13(5-3-8)7(15)9(10,11)12/h16H,2-5H2,1H3. The fraction of sp³-hybridized carbons (Fsp3) is 0.778. The predicted octanol–water partition coefficient (Wildman–Crippen LogP) is 0.491. The van der Waals surface area contributed by atoms with E-state index in [4.69, 9.17) is 0 Å². The van der Waals surface area contributed by atoms with Gasteiger partial charge in [0.1, 0.15) is 5.60 Å². The molecule has 0 aliphatic carbocycles. The molecule has 0 atom stereocenters. The smallest absolute Gasteiger partial charge is 0.382 e. The number of carbonyl (C=O) groups is 2. The van der Waals surface area contributed by atoms with Crippen LogP contribution in [0.25, 0.3) is 0 Å². The highest BCUT2D eigenvalue weighted by molar-refractivity contribution is 5.86. The highest BCUT2D eigenvalue weighted by Gasteiger charge is 2.46. The molecule has 4 nitrogen and oxygen atoms in total. The molecule has 92 valence electrons. The Labute approximate surface area is 90.0 Å². The maximum atomic E-state index is 12.1. The summed E-state index contributed by atoms with van der Waals surface area (Å²) in [5.74, 6) is -2.40. The monoisotopic (exact) mass is 239 g/mol. The van der Waals surface area contributed by atoms with Gasteiger partial charge in [0.15, 0.2) is 5.78 Å². The lowest BCUT2D eigenvalue weighted by Gasteiger charge is -2.36. The Bertz CT molecular complexity index is 306. The van der Waals surface area contributed by atoms with Crippen LogP contribution in [0.3, 0.4) is 0 Å². The second-order valence-corrected chi connectivity index (χ2v) is 3.88. The van der Waals surface area contributed by atoms with Gasteiger partial charge in [0, 0.05) is 25.9 Å². The summed E-state index contributed by atoms with van der Waals surface area (Å²) in [4.78, 5) is 22.5. The van der Waals surface area contributed by atoms with Gasteiger partial charge in [-0.05, 0) is 6.92 Å². The summed E-state index contributed by atoms with van der Waals surface area (Å²) in [6.07, 6.45) is -5.19. The van der Waals surface area contributed by atoms with Gasteiger partial charge in [0.25, 0.3) is 0 Å². The zero-order valence-corrected chi connectivity index (χ0v) is 8.67. The number of Topliss-reactive ketones (excluding diaryl/α,β-unsaturated/α-hetero) is 1. The van der Waals surface area contributed by atoms with Crippen LogP contribution >= 0.6 is 0 Å². The van der Waals surface area contributed by atoms with Crippen molar-refractivity contribution >= 4 is 11.7 Å². The minimum Gasteiger partial charge on any atom is -0.382 e. The lowest BCUT2D eigenvalue weighted by atomic mass is 9.88. The van der Waals surface area contributed by atoms with E-state index in [1.54, 1.807) is 0 Å². The Morgan fingerprint density at radius 1 is 1.25 bits per heavy atom. The third-order valence-electron chi connectivity index (χ3n) is 2.78. The predicted molar refractivity (Wildman–Crippen MR) is 47.5 cm³/mol. The van der Waals surface area contributed by atoms with Crippen LogP contribution in [0.15, 0.2) is 0 Å². The van der Waals surface area contributed by atoms with E-state index in [2.05, 4.69) is 0 Å². The fourth-order valence-corrected chi connectivity index (χ4v) is 1.61. The molecule has 1 fully saturated rings. The van der Waals surface area contributed by atoms with Crippen molar-refractivity contribution in [2.75, 3.05) is 13.1 Å². The molecule has 1 heterocycles. The molecule has 1 rings (SSSR count). The van der Waals surface area contributed by atoms with E-state index in [0.29, 0.717) is 4.90 Å². The van der Waals surface area contributed by atoms with Crippen molar-refractivity contribution in [1.29, 1.82) is 0 Å². The van der Waals surface area contributed by atoms with Crippen molar-refractivity contribution in [2.24, 2.45) is 0 Å². The summed E-state index contributed by atoms with van der Waals surface area (Å²) in [5.41, 5.74) is -1.58. The molecule has 16 heavy (non-hydrogen) atoms. The van der Waals surface area contributed by atoms with E-state index in [0.717, 1.165) is 0 Å². The minimum atomic E-state index is -4.90. The third kappa shape index (κ3) is 2.52. The number of piperidine rings is 1. The number of amides is 1. The molecule has 0 unspecified atom stereocenters. The van der Waals surface area contributed by atoms with Crippen LogP contribution in [0, 0.1) is 0 Å². The highest BCUT2D eigenvalue weighted by atomic mass is 19.4. The van der Waals surface area contributed by atoms with Crippen LogP contribution in [-0.2, 0) is 9.59 Å². The van der Waals surface area contributed by atoms with Crippen LogP contribution in [0.5, 0.6) is 0 Å². The number of carbonyl (C=O) groups excluding carboxylic acids is 2. The second kappa shape index (κ2) is 4.04. The van der Waals surface area contributed by atoms with E-state index in [1.165, 1.54) is 6.92 Å². The van der Waals surface area contributed by atoms with E-state index >= 15 is 0 Å². The Balaban J connectivity index is 2.63. The average molecular weight is 239 g/mol. The van der Waals surface area contributed by atoms with Gasteiger partial charge < -0.3 is 10.0 Å². The SMILES string of the molecule is CC(=O)C1(O)CCN(C(=O)C(F)(F)F)CC1. The highest BCUT2D eigenvalue weighted by Crippen LogP contribution is 2.26. The lowest BCUT2D eigenvalue weighted by molar-refractivity contribution is -0.189. The molecule has 0 aromatic rings. The first-order valence-corrected chi connectivity index (χ1v) is 4.76. The van der Waals surface area contributed by atoms with Crippen LogP contribution in [-0.4, -0.2) is 46.6 Å². The van der Waals surface area contributed by atoms with Crippen molar-refractivity contribution < 1.29 is 27.9 Å². The van der Waals surface area contributed by atoms with Crippen LogP contribution in [0.1, 0.15) is 19.8 Å². The second-order valence-electron chi connectivity index (χ2n) is 3.88. The van der Waals surface area contributed by atoms with E-state index < -0.39 is 23.5 Å². The number of aliphatic hydroxyl groups is 1. The molecule has 0 radical (unpaired) electrons. The van der Waals surface area contributed by atoms with Crippen molar-refractivity contribution in [3.63, 3.8) is 0 Å². The van der Waals surface area contributed by atoms with Gasteiger partial charge in [-0.1, -0.05) is 0 Å². The molecular weight excluding hydrogens is 227 g/mol. The number of nitrogens with zero attached hydrogens (tertiary/aromatic N) is 1. The van der Waals surface area contributed by atoms with Crippen molar-refractivity contribution in [2.45, 2.75) is 31.5 Å². The Hall–Kier alpha value is -1.11. The molecule has 1 aliphatic heterocycles. The van der Waals surface area contributed by atoms with E-state index in [-0.39, 0.29) is 25.9 Å². The minimum absolute atomic E-state index is 0.149. The van der Waals surface area contributed by atoms with Gasteiger partial charge in [0.2, 0.25) is 0 Å². The normalized spacial score (nSPS) is 20.7. The number of hydrogen-bond donors (Lipinski definition) is 1. The van der Waals surface area contributed by atoms with E-state index in [1.807, 2.05) is 0 Å². The summed E-state index contributed by atoms with van der Waals surface area (Å²) >= 11 is 0. The van der Waals surface area contributed by atoms with Crippen LogP contribution in [0.2, 0.25) is 0 Å². The topological polar surface area (TPSA) is 57.6 Å². The molecule has 0 saturated carbocycles. The third-order valence-corrected chi connectivity index (χ3v) is 2.78. The van der Waals surface area contributed by atoms with Crippen molar-refractivity contribution in [3.8, 4) is 0 Å². The van der Waals surface area contributed by atoms with E-state index in [9.17, 15) is 27.9 Å². The number of hydrogen-bond acceptors (Lipinski definition) is 3. The summed E-state index contributed by atoms with van der Waals surface area (Å²) in [5, 5.41) is 9.68. The maximum Gasteiger partial charge on any atom is 0.471 e. The van der Waals surface area contributed by atoms with Gasteiger partial charge in [0.05, 0.1) is 0 Å². The zero-order valence-electron chi connectivity index (χ0n) is 8.67. The molecule has 1 amide bonds. The fourth-order valence-electron chi connectivity index (χ4n) is 1.61. The molecule has 1 saturated heterocycles. The molecule has 0 spiro atoms. The van der Waals surface area contributed by atoms with Gasteiger partial charge in [-0.25, -0.2) is 0 Å². The van der Waals surface area contributed by atoms with Gasteiger partial charge in [-0.2, -0.15) is 13.2 Å². The Morgan fingerprint density at radius 2 is 1.69 bits per heavy atom. The van der Waals surface area contributed by atoms with Gasteiger partial charge >= 0.3 is 12.1 Å². The first kappa shape index (κ1) is 13.0. The average Bonchev–Trinajstić information content (AvgIpc) is 2.16. The quantitative estimate of drug-likeness (QED) is 0.724. The summed E-state index contributed by atoms with van der Waals surface area (Å²) in [6, 6.07) is 0. The van der Waals surface area contributed by atoms with Crippen LogP contribution in [0.4, 0.5) is 13.2 Å². The van der Waals surface area contributed by atoms with Gasteiger partial charge in [-0.15, -0.1) is 0 Å². The number of ketones is 1. The molecule has 7 heteroatoms. The van der Waals surface area contributed by atoms with Crippen molar-refractivity contribution in [3.05, 3.63) is 0 Å². The molecule has 0 aromatic heterocycles. The maximum absolute atomic E-state index is 12.1. The number of rotatable bonds is 1. The molecule has 1 N–H and O–H groups in total. The lowest BCUT2D eigenvalue weighted by Crippen LogP contribution is -2.52. The summed E-state index contributed by atoms with van der Waals surface area (Å²) in [6.45, 7) is 0.671.